The summed E-state index contributed by atoms with van der Waals surface area (Å²) < 4.78 is 1.11. The average Bonchev–Trinajstić information content (AvgIpc) is 3.54. The van der Waals surface area contributed by atoms with E-state index in [9.17, 15) is 4.79 Å². The maximum atomic E-state index is 12.5. The second-order valence-corrected chi connectivity index (χ2v) is 10.6. The van der Waals surface area contributed by atoms with Crippen molar-refractivity contribution in [1.82, 2.24) is 14.9 Å². The molecule has 1 amide bonds. The number of nitrogens with two attached hydrogens (primary N) is 1. The Bertz CT molecular complexity index is 1220. The molecule has 0 saturated carbocycles. The lowest BCUT2D eigenvalue weighted by molar-refractivity contribution is 0.0827. The van der Waals surface area contributed by atoms with Crippen LogP contribution in [0.3, 0.4) is 0 Å². The standard InChI is InChI=1S/C23H24N4OS3.2C2H6/c1-4-5-10-30-23-19(24)18-16(14-7-6-8-15(12-14)22(28)27(2)3)13-17(26-21(18)31-23)20-25-9-11-29-20;2*1-2/h6-9,11-13H,4-5,10,24H2,1-3H3;2*1-2H3. The molecule has 0 aliphatic heterocycles. The summed E-state index contributed by atoms with van der Waals surface area (Å²) in [4.78, 5) is 24.4. The quantitative estimate of drug-likeness (QED) is 0.193. The van der Waals surface area contributed by atoms with Crippen molar-refractivity contribution in [3.8, 4) is 21.8 Å². The van der Waals surface area contributed by atoms with E-state index in [1.54, 1.807) is 59.6 Å². The van der Waals surface area contributed by atoms with E-state index in [-0.39, 0.29) is 5.91 Å². The van der Waals surface area contributed by atoms with Crippen LogP contribution in [0.5, 0.6) is 0 Å². The molecule has 0 aliphatic rings. The molecule has 188 valence electrons. The molecule has 0 aliphatic carbocycles. The minimum absolute atomic E-state index is 0.0265. The van der Waals surface area contributed by atoms with Gasteiger partial charge in [-0.25, -0.2) is 9.97 Å². The number of thioether (sulfide) groups is 1. The monoisotopic (exact) mass is 528 g/mol. The van der Waals surface area contributed by atoms with Crippen LogP contribution in [0.2, 0.25) is 0 Å². The molecule has 0 radical (unpaired) electrons. The van der Waals surface area contributed by atoms with Crippen LogP contribution >= 0.6 is 34.4 Å². The number of pyridine rings is 1. The summed E-state index contributed by atoms with van der Waals surface area (Å²) in [7, 11) is 3.52. The number of hydrogen-bond donors (Lipinski definition) is 1. The van der Waals surface area contributed by atoms with Gasteiger partial charge in [0.2, 0.25) is 0 Å². The Morgan fingerprint density at radius 1 is 1.14 bits per heavy atom. The van der Waals surface area contributed by atoms with E-state index >= 15 is 0 Å². The van der Waals surface area contributed by atoms with Crippen molar-refractivity contribution >= 4 is 56.2 Å². The predicted octanol–water partition coefficient (Wildman–Crippen LogP) is 8.32. The van der Waals surface area contributed by atoms with Crippen LogP contribution in [0.1, 0.15) is 57.8 Å². The van der Waals surface area contributed by atoms with Crippen molar-refractivity contribution in [3.63, 3.8) is 0 Å². The summed E-state index contributed by atoms with van der Waals surface area (Å²) in [6, 6.07) is 9.76. The molecule has 0 bridgehead atoms. The number of rotatable bonds is 7. The first-order chi connectivity index (χ1) is 17.0. The summed E-state index contributed by atoms with van der Waals surface area (Å²) in [6.07, 6.45) is 4.09. The number of thiazole rings is 1. The van der Waals surface area contributed by atoms with E-state index < -0.39 is 0 Å². The van der Waals surface area contributed by atoms with E-state index in [2.05, 4.69) is 11.9 Å². The summed E-state index contributed by atoms with van der Waals surface area (Å²) in [5, 5.41) is 3.78. The van der Waals surface area contributed by atoms with Gasteiger partial charge in [0.15, 0.2) is 0 Å². The largest absolute Gasteiger partial charge is 0.397 e. The molecule has 0 saturated heterocycles. The first-order valence-corrected chi connectivity index (χ1v) is 14.8. The highest BCUT2D eigenvalue weighted by Crippen LogP contribution is 2.45. The van der Waals surface area contributed by atoms with Gasteiger partial charge in [0.1, 0.15) is 15.5 Å². The topological polar surface area (TPSA) is 72.1 Å². The van der Waals surface area contributed by atoms with Gasteiger partial charge in [-0.05, 0) is 41.5 Å². The highest BCUT2D eigenvalue weighted by atomic mass is 32.2. The Labute approximate surface area is 221 Å². The number of nitrogen functional groups attached to an aromatic ring is 1. The van der Waals surface area contributed by atoms with Crippen molar-refractivity contribution in [2.45, 2.75) is 51.7 Å². The molecule has 5 nitrogen and oxygen atoms in total. The van der Waals surface area contributed by atoms with Gasteiger partial charge >= 0.3 is 0 Å². The number of unbranched alkanes of at least 4 members (excludes halogenated alkanes) is 1. The minimum atomic E-state index is -0.0265. The SMILES string of the molecule is CC.CC.CCCCSc1sc2nc(-c3nccs3)cc(-c3cccc(C(=O)N(C)C)c3)c2c1N. The van der Waals surface area contributed by atoms with Gasteiger partial charge in [0.25, 0.3) is 5.91 Å². The molecule has 35 heavy (non-hydrogen) atoms. The zero-order chi connectivity index (χ0) is 26.0. The number of amides is 1. The van der Waals surface area contributed by atoms with E-state index in [4.69, 9.17) is 10.7 Å². The van der Waals surface area contributed by atoms with Crippen molar-refractivity contribution in [2.24, 2.45) is 0 Å². The molecule has 3 heterocycles. The van der Waals surface area contributed by atoms with E-state index in [1.807, 2.05) is 63.4 Å². The zero-order valence-corrected chi connectivity index (χ0v) is 24.2. The Morgan fingerprint density at radius 3 is 2.51 bits per heavy atom. The molecular weight excluding hydrogens is 493 g/mol. The average molecular weight is 529 g/mol. The van der Waals surface area contributed by atoms with Crippen molar-refractivity contribution in [2.75, 3.05) is 25.6 Å². The van der Waals surface area contributed by atoms with Crippen molar-refractivity contribution < 1.29 is 4.79 Å². The molecule has 2 N–H and O–H groups in total. The Morgan fingerprint density at radius 2 is 1.89 bits per heavy atom. The fourth-order valence-electron chi connectivity index (χ4n) is 3.28. The number of thiophene rings is 1. The van der Waals surface area contributed by atoms with Crippen LogP contribution in [-0.2, 0) is 0 Å². The molecule has 4 rings (SSSR count). The Kier molecular flexibility index (Phi) is 11.7. The van der Waals surface area contributed by atoms with Gasteiger partial charge in [-0.1, -0.05) is 53.2 Å². The number of fused-ring (bicyclic) bond motifs is 1. The fraction of sp³-hybridized carbons (Fsp3) is 0.370. The van der Waals surface area contributed by atoms with Gasteiger partial charge in [0, 0.05) is 36.6 Å². The lowest BCUT2D eigenvalue weighted by Crippen LogP contribution is -2.21. The summed E-state index contributed by atoms with van der Waals surface area (Å²) >= 11 is 5.00. The van der Waals surface area contributed by atoms with Gasteiger partial charge in [0.05, 0.1) is 9.90 Å². The number of benzene rings is 1. The molecule has 8 heteroatoms. The van der Waals surface area contributed by atoms with Crippen LogP contribution in [0.15, 0.2) is 46.1 Å². The smallest absolute Gasteiger partial charge is 0.253 e. The lowest BCUT2D eigenvalue weighted by atomic mass is 9.99. The zero-order valence-electron chi connectivity index (χ0n) is 21.7. The number of anilines is 1. The van der Waals surface area contributed by atoms with Crippen LogP contribution in [0.4, 0.5) is 5.69 Å². The predicted molar refractivity (Wildman–Crippen MR) is 157 cm³/mol. The number of aromatic nitrogens is 2. The lowest BCUT2D eigenvalue weighted by Gasteiger charge is -2.12. The van der Waals surface area contributed by atoms with Crippen LogP contribution < -0.4 is 5.73 Å². The Balaban J connectivity index is 0.00000103. The van der Waals surface area contributed by atoms with Crippen molar-refractivity contribution in [1.29, 1.82) is 0 Å². The van der Waals surface area contributed by atoms with Gasteiger partial charge in [-0.15, -0.1) is 34.4 Å². The third-order valence-electron chi connectivity index (χ3n) is 4.87. The van der Waals surface area contributed by atoms with Crippen LogP contribution in [-0.4, -0.2) is 40.6 Å². The first kappa shape index (κ1) is 28.8. The molecule has 3 aromatic heterocycles. The number of nitrogens with zero attached hydrogens (tertiary/aromatic N) is 3. The maximum Gasteiger partial charge on any atom is 0.253 e. The third kappa shape index (κ3) is 6.84. The van der Waals surface area contributed by atoms with Crippen LogP contribution in [0.25, 0.3) is 32.0 Å². The minimum Gasteiger partial charge on any atom is -0.397 e. The fourth-order valence-corrected chi connectivity index (χ4v) is 6.33. The van der Waals surface area contributed by atoms with Gasteiger partial charge in [-0.2, -0.15) is 0 Å². The number of hydrogen-bond acceptors (Lipinski definition) is 7. The first-order valence-electron chi connectivity index (χ1n) is 12.1. The molecule has 0 fully saturated rings. The maximum absolute atomic E-state index is 12.5. The molecule has 0 atom stereocenters. The van der Waals surface area contributed by atoms with Crippen LogP contribution in [0, 0.1) is 0 Å². The van der Waals surface area contributed by atoms with E-state index in [0.717, 1.165) is 60.5 Å². The highest BCUT2D eigenvalue weighted by molar-refractivity contribution is 8.01. The summed E-state index contributed by atoms with van der Waals surface area (Å²) in [5.74, 6) is 1.01. The Hall–Kier alpha value is -2.42. The van der Waals surface area contributed by atoms with Gasteiger partial charge in [-0.3, -0.25) is 4.79 Å². The third-order valence-corrected chi connectivity index (χ3v) is 8.14. The second kappa shape index (κ2) is 14.2. The van der Waals surface area contributed by atoms with E-state index in [0.29, 0.717) is 5.56 Å². The second-order valence-electron chi connectivity index (χ2n) is 7.36. The molecular formula is C27H36N4OS3. The molecule has 4 aromatic rings. The van der Waals surface area contributed by atoms with Crippen molar-refractivity contribution in [3.05, 3.63) is 47.5 Å². The molecule has 0 unspecified atom stereocenters. The van der Waals surface area contributed by atoms with Gasteiger partial charge < -0.3 is 10.6 Å². The normalized spacial score (nSPS) is 10.3. The summed E-state index contributed by atoms with van der Waals surface area (Å²) in [5.41, 5.74) is 10.8. The summed E-state index contributed by atoms with van der Waals surface area (Å²) in [6.45, 7) is 10.2. The molecule has 0 spiro atoms. The number of carbonyl (C=O) groups excluding carboxylic acids is 1. The molecule has 1 aromatic carbocycles. The number of carbonyl (C=O) groups is 1. The van der Waals surface area contributed by atoms with E-state index in [1.165, 1.54) is 0 Å². The highest BCUT2D eigenvalue weighted by Gasteiger charge is 2.19.